The number of benzene rings is 1. The molecule has 0 saturated heterocycles. The predicted molar refractivity (Wildman–Crippen MR) is 81.6 cm³/mol. The van der Waals surface area contributed by atoms with Crippen LogP contribution in [0.2, 0.25) is 5.02 Å². The molecular weight excluding hydrogens is 272 g/mol. The van der Waals surface area contributed by atoms with Crippen molar-refractivity contribution in [3.05, 3.63) is 35.0 Å². The van der Waals surface area contributed by atoms with Gasteiger partial charge in [-0.25, -0.2) is 0 Å². The maximum absolute atomic E-state index is 5.96. The van der Waals surface area contributed by atoms with Crippen molar-refractivity contribution in [2.75, 3.05) is 5.73 Å². The van der Waals surface area contributed by atoms with Crippen LogP contribution in [0, 0.1) is 5.92 Å². The van der Waals surface area contributed by atoms with E-state index < -0.39 is 0 Å². The molecule has 0 unspecified atom stereocenters. The molecule has 4 heteroatoms. The van der Waals surface area contributed by atoms with Gasteiger partial charge in [0, 0.05) is 11.4 Å². The summed E-state index contributed by atoms with van der Waals surface area (Å²) in [6.07, 6.45) is 7.50. The van der Waals surface area contributed by atoms with Crippen LogP contribution < -0.4 is 5.73 Å². The Labute approximate surface area is 124 Å². The van der Waals surface area contributed by atoms with E-state index in [2.05, 4.69) is 5.16 Å². The second-order valence-electron chi connectivity index (χ2n) is 5.56. The zero-order valence-corrected chi connectivity index (χ0v) is 12.2. The van der Waals surface area contributed by atoms with Crippen LogP contribution in [0.25, 0.3) is 11.1 Å². The molecular formula is C16H19ClN2O. The zero-order chi connectivity index (χ0) is 13.9. The smallest absolute Gasteiger partial charge is 0.175 e. The van der Waals surface area contributed by atoms with E-state index in [9.17, 15) is 0 Å². The monoisotopic (exact) mass is 290 g/mol. The minimum absolute atomic E-state index is 0.466. The fourth-order valence-corrected chi connectivity index (χ4v) is 3.19. The Morgan fingerprint density at radius 2 is 1.90 bits per heavy atom. The summed E-state index contributed by atoms with van der Waals surface area (Å²) in [5.41, 5.74) is 7.91. The number of nitrogen functional groups attached to an aromatic ring is 1. The molecule has 0 bridgehead atoms. The largest absolute Gasteiger partial charge is 0.380 e. The lowest BCUT2D eigenvalue weighted by atomic mass is 9.97. The van der Waals surface area contributed by atoms with Crippen molar-refractivity contribution < 1.29 is 4.52 Å². The predicted octanol–water partition coefficient (Wildman–Crippen LogP) is 4.70. The van der Waals surface area contributed by atoms with Gasteiger partial charge in [-0.2, -0.15) is 0 Å². The van der Waals surface area contributed by atoms with Crippen LogP contribution >= 0.6 is 11.6 Å². The highest BCUT2D eigenvalue weighted by atomic mass is 35.5. The van der Waals surface area contributed by atoms with Gasteiger partial charge in [-0.3, -0.25) is 0 Å². The van der Waals surface area contributed by atoms with Crippen LogP contribution in [-0.2, 0) is 6.42 Å². The number of aryl methyl sites for hydroxylation is 1. The van der Waals surface area contributed by atoms with E-state index in [0.717, 1.165) is 40.7 Å². The molecule has 1 fully saturated rings. The highest BCUT2D eigenvalue weighted by molar-refractivity contribution is 6.30. The first kappa shape index (κ1) is 13.5. The first-order valence-corrected chi connectivity index (χ1v) is 7.62. The van der Waals surface area contributed by atoms with Crippen LogP contribution in [0.4, 0.5) is 5.82 Å². The highest BCUT2D eigenvalue weighted by Crippen LogP contribution is 2.34. The quantitative estimate of drug-likeness (QED) is 0.888. The van der Waals surface area contributed by atoms with Crippen molar-refractivity contribution in [3.8, 4) is 11.1 Å². The van der Waals surface area contributed by atoms with Gasteiger partial charge in [0.05, 0.1) is 5.56 Å². The average molecular weight is 291 g/mol. The molecule has 0 radical (unpaired) electrons. The molecule has 0 amide bonds. The van der Waals surface area contributed by atoms with Gasteiger partial charge in [0.1, 0.15) is 5.76 Å². The van der Waals surface area contributed by atoms with Crippen LogP contribution in [-0.4, -0.2) is 5.16 Å². The summed E-state index contributed by atoms with van der Waals surface area (Å²) >= 11 is 5.93. The van der Waals surface area contributed by atoms with E-state index >= 15 is 0 Å². The van der Waals surface area contributed by atoms with E-state index in [1.54, 1.807) is 0 Å². The molecule has 20 heavy (non-hydrogen) atoms. The van der Waals surface area contributed by atoms with Gasteiger partial charge >= 0.3 is 0 Å². The summed E-state index contributed by atoms with van der Waals surface area (Å²) in [4.78, 5) is 0. The van der Waals surface area contributed by atoms with Crippen molar-refractivity contribution in [1.29, 1.82) is 0 Å². The minimum atomic E-state index is 0.466. The number of nitrogens with two attached hydrogens (primary N) is 1. The maximum Gasteiger partial charge on any atom is 0.175 e. The fraction of sp³-hybridized carbons (Fsp3) is 0.438. The number of anilines is 1. The molecule has 1 aromatic carbocycles. The average Bonchev–Trinajstić information content (AvgIpc) is 3.07. The molecule has 106 valence electrons. The summed E-state index contributed by atoms with van der Waals surface area (Å²) < 4.78 is 5.43. The Kier molecular flexibility index (Phi) is 3.97. The number of halogens is 1. The third-order valence-electron chi connectivity index (χ3n) is 4.18. The number of hydrogen-bond donors (Lipinski definition) is 1. The lowest BCUT2D eigenvalue weighted by molar-refractivity contribution is 0.370. The molecule has 1 aromatic heterocycles. The summed E-state index contributed by atoms with van der Waals surface area (Å²) in [6, 6.07) is 7.66. The molecule has 0 atom stereocenters. The number of nitrogens with zero attached hydrogens (tertiary/aromatic N) is 1. The minimum Gasteiger partial charge on any atom is -0.380 e. The van der Waals surface area contributed by atoms with Crippen molar-refractivity contribution in [1.82, 2.24) is 5.16 Å². The summed E-state index contributed by atoms with van der Waals surface area (Å²) in [5.74, 6) is 2.20. The first-order chi connectivity index (χ1) is 9.74. The Morgan fingerprint density at radius 3 is 2.60 bits per heavy atom. The normalized spacial score (nSPS) is 15.8. The lowest BCUT2D eigenvalue weighted by Crippen LogP contribution is -1.97. The van der Waals surface area contributed by atoms with E-state index in [0.29, 0.717) is 5.82 Å². The lowest BCUT2D eigenvalue weighted by Gasteiger charge is -2.08. The topological polar surface area (TPSA) is 52.0 Å². The molecule has 3 nitrogen and oxygen atoms in total. The van der Waals surface area contributed by atoms with Gasteiger partial charge in [-0.05, 0) is 30.0 Å². The van der Waals surface area contributed by atoms with Gasteiger partial charge in [0.25, 0.3) is 0 Å². The molecule has 1 heterocycles. The molecule has 1 aliphatic rings. The molecule has 0 aliphatic heterocycles. The molecule has 2 aromatic rings. The van der Waals surface area contributed by atoms with E-state index in [-0.39, 0.29) is 0 Å². The Hall–Kier alpha value is -1.48. The SMILES string of the molecule is Nc1noc(CCC2CCCC2)c1-c1ccc(Cl)cc1. The van der Waals surface area contributed by atoms with Crippen LogP contribution in [0.3, 0.4) is 0 Å². The molecule has 1 aliphatic carbocycles. The first-order valence-electron chi connectivity index (χ1n) is 7.24. The van der Waals surface area contributed by atoms with Crippen molar-refractivity contribution in [3.63, 3.8) is 0 Å². The van der Waals surface area contributed by atoms with Crippen molar-refractivity contribution >= 4 is 17.4 Å². The number of aromatic nitrogens is 1. The zero-order valence-electron chi connectivity index (χ0n) is 11.4. The van der Waals surface area contributed by atoms with E-state index in [1.165, 1.54) is 25.7 Å². The van der Waals surface area contributed by atoms with E-state index in [4.69, 9.17) is 21.9 Å². The van der Waals surface area contributed by atoms with Crippen molar-refractivity contribution in [2.45, 2.75) is 38.5 Å². The van der Waals surface area contributed by atoms with Gasteiger partial charge in [-0.1, -0.05) is 54.6 Å². The molecule has 3 rings (SSSR count). The van der Waals surface area contributed by atoms with Crippen LogP contribution in [0.5, 0.6) is 0 Å². The van der Waals surface area contributed by atoms with Crippen LogP contribution in [0.15, 0.2) is 28.8 Å². The summed E-state index contributed by atoms with van der Waals surface area (Å²) in [5, 5.41) is 4.65. The third-order valence-corrected chi connectivity index (χ3v) is 4.43. The fourth-order valence-electron chi connectivity index (χ4n) is 3.07. The van der Waals surface area contributed by atoms with Gasteiger partial charge in [-0.15, -0.1) is 0 Å². The standard InChI is InChI=1S/C16H19ClN2O/c17-13-8-6-12(7-9-13)15-14(20-19-16(15)18)10-5-11-3-1-2-4-11/h6-9,11H,1-5,10H2,(H2,18,19). The number of rotatable bonds is 4. The van der Waals surface area contributed by atoms with E-state index in [1.807, 2.05) is 24.3 Å². The van der Waals surface area contributed by atoms with Gasteiger partial charge < -0.3 is 10.3 Å². The third kappa shape index (κ3) is 2.83. The second kappa shape index (κ2) is 5.88. The van der Waals surface area contributed by atoms with Gasteiger partial charge in [0.2, 0.25) is 0 Å². The molecule has 2 N–H and O–H groups in total. The number of hydrogen-bond acceptors (Lipinski definition) is 3. The Bertz CT molecular complexity index is 571. The maximum atomic E-state index is 5.96. The molecule has 1 saturated carbocycles. The van der Waals surface area contributed by atoms with Crippen LogP contribution in [0.1, 0.15) is 37.9 Å². The Balaban J connectivity index is 1.79. The van der Waals surface area contributed by atoms with Crippen molar-refractivity contribution in [2.24, 2.45) is 5.92 Å². The summed E-state index contributed by atoms with van der Waals surface area (Å²) in [6.45, 7) is 0. The summed E-state index contributed by atoms with van der Waals surface area (Å²) in [7, 11) is 0. The second-order valence-corrected chi connectivity index (χ2v) is 6.00. The highest BCUT2D eigenvalue weighted by Gasteiger charge is 2.19. The van der Waals surface area contributed by atoms with Gasteiger partial charge in [0.15, 0.2) is 5.82 Å². The molecule has 0 spiro atoms. The Morgan fingerprint density at radius 1 is 1.20 bits per heavy atom.